The molecule has 0 heterocycles. The molecule has 0 saturated carbocycles. The van der Waals surface area contributed by atoms with Crippen LogP contribution in [0.15, 0.2) is 46.9 Å². The minimum Gasteiger partial charge on any atom is -0.380 e. The van der Waals surface area contributed by atoms with Crippen molar-refractivity contribution in [2.45, 2.75) is 6.54 Å². The zero-order valence-corrected chi connectivity index (χ0v) is 12.1. The molecule has 2 aromatic carbocycles. The first kappa shape index (κ1) is 13.8. The summed E-state index contributed by atoms with van der Waals surface area (Å²) in [5.74, 6) is 0. The Morgan fingerprint density at radius 3 is 2.68 bits per heavy atom. The lowest BCUT2D eigenvalue weighted by Crippen LogP contribution is -2.03. The van der Waals surface area contributed by atoms with Crippen LogP contribution >= 0.6 is 27.5 Å². The number of rotatable bonds is 4. The summed E-state index contributed by atoms with van der Waals surface area (Å²) in [5.41, 5.74) is 1.48. The van der Waals surface area contributed by atoms with E-state index in [1.165, 1.54) is 12.1 Å². The van der Waals surface area contributed by atoms with Gasteiger partial charge in [0.1, 0.15) is 0 Å². The molecule has 0 bridgehead atoms. The van der Waals surface area contributed by atoms with Crippen molar-refractivity contribution in [2.75, 3.05) is 5.32 Å². The number of halogens is 2. The third kappa shape index (κ3) is 3.45. The highest BCUT2D eigenvalue weighted by molar-refractivity contribution is 9.10. The van der Waals surface area contributed by atoms with Crippen molar-refractivity contribution in [3.63, 3.8) is 0 Å². The quantitative estimate of drug-likeness (QED) is 0.652. The van der Waals surface area contributed by atoms with Crippen molar-refractivity contribution >= 4 is 38.9 Å². The van der Waals surface area contributed by atoms with Gasteiger partial charge in [-0.05, 0) is 40.2 Å². The van der Waals surface area contributed by atoms with Crippen LogP contribution in [-0.4, -0.2) is 4.92 Å². The maximum Gasteiger partial charge on any atom is 0.274 e. The molecule has 1 N–H and O–H groups in total. The average molecular weight is 342 g/mol. The number of hydrogen-bond donors (Lipinski definition) is 1. The molecular formula is C13H10BrClN2O2. The Hall–Kier alpha value is -1.59. The van der Waals surface area contributed by atoms with Crippen LogP contribution in [0.1, 0.15) is 5.56 Å². The first-order valence-corrected chi connectivity index (χ1v) is 6.66. The molecule has 98 valence electrons. The lowest BCUT2D eigenvalue weighted by Gasteiger charge is -2.09. The third-order valence-corrected chi connectivity index (χ3v) is 3.51. The second kappa shape index (κ2) is 6.04. The first-order chi connectivity index (χ1) is 9.08. The normalized spacial score (nSPS) is 10.2. The Morgan fingerprint density at radius 2 is 2.00 bits per heavy atom. The summed E-state index contributed by atoms with van der Waals surface area (Å²) in [4.78, 5) is 10.5. The molecule has 4 nitrogen and oxygen atoms in total. The van der Waals surface area contributed by atoms with E-state index < -0.39 is 4.92 Å². The van der Waals surface area contributed by atoms with E-state index in [1.807, 2.05) is 24.3 Å². The fourth-order valence-corrected chi connectivity index (χ4v) is 2.29. The molecule has 2 rings (SSSR count). The van der Waals surface area contributed by atoms with E-state index in [1.54, 1.807) is 6.07 Å². The smallest absolute Gasteiger partial charge is 0.274 e. The molecule has 0 unspecified atom stereocenters. The SMILES string of the molecule is O=[N+]([O-])c1ccc(Cl)cc1CNc1ccccc1Br. The first-order valence-electron chi connectivity index (χ1n) is 5.49. The van der Waals surface area contributed by atoms with Crippen molar-refractivity contribution in [1.82, 2.24) is 0 Å². The van der Waals surface area contributed by atoms with Crippen LogP contribution in [-0.2, 0) is 6.54 Å². The van der Waals surface area contributed by atoms with Gasteiger partial charge in [-0.1, -0.05) is 23.7 Å². The van der Waals surface area contributed by atoms with Crippen LogP contribution in [0.4, 0.5) is 11.4 Å². The van der Waals surface area contributed by atoms with Gasteiger partial charge in [0, 0.05) is 27.8 Å². The fourth-order valence-electron chi connectivity index (χ4n) is 1.67. The predicted octanol–water partition coefficient (Wildman–Crippen LogP) is 4.62. The Kier molecular flexibility index (Phi) is 4.39. The van der Waals surface area contributed by atoms with E-state index in [0.717, 1.165) is 10.2 Å². The molecule has 0 spiro atoms. The largest absolute Gasteiger partial charge is 0.380 e. The van der Waals surface area contributed by atoms with Crippen molar-refractivity contribution in [1.29, 1.82) is 0 Å². The molecule has 0 aliphatic heterocycles. The molecule has 2 aromatic rings. The van der Waals surface area contributed by atoms with Crippen LogP contribution in [0.3, 0.4) is 0 Å². The summed E-state index contributed by atoms with van der Waals surface area (Å²) < 4.78 is 0.902. The highest BCUT2D eigenvalue weighted by Crippen LogP contribution is 2.26. The lowest BCUT2D eigenvalue weighted by molar-refractivity contribution is -0.385. The molecule has 0 aliphatic carbocycles. The average Bonchev–Trinajstić information content (AvgIpc) is 2.37. The highest BCUT2D eigenvalue weighted by atomic mass is 79.9. The van der Waals surface area contributed by atoms with E-state index in [-0.39, 0.29) is 5.69 Å². The van der Waals surface area contributed by atoms with Gasteiger partial charge in [-0.3, -0.25) is 10.1 Å². The Balaban J connectivity index is 2.22. The molecule has 0 amide bonds. The molecule has 19 heavy (non-hydrogen) atoms. The summed E-state index contributed by atoms with van der Waals surface area (Å²) in [6, 6.07) is 12.1. The Bertz CT molecular complexity index is 619. The lowest BCUT2D eigenvalue weighted by atomic mass is 10.1. The highest BCUT2D eigenvalue weighted by Gasteiger charge is 2.13. The number of anilines is 1. The second-order valence-corrected chi connectivity index (χ2v) is 5.15. The Labute approximate surface area is 123 Å². The van der Waals surface area contributed by atoms with E-state index in [9.17, 15) is 10.1 Å². The van der Waals surface area contributed by atoms with E-state index in [0.29, 0.717) is 17.1 Å². The van der Waals surface area contributed by atoms with E-state index >= 15 is 0 Å². The maximum atomic E-state index is 10.9. The standard InChI is InChI=1S/C13H10BrClN2O2/c14-11-3-1-2-4-12(11)16-8-9-7-10(15)5-6-13(9)17(18)19/h1-7,16H,8H2. The van der Waals surface area contributed by atoms with Crippen LogP contribution in [0.25, 0.3) is 0 Å². The number of nitrogens with one attached hydrogen (secondary N) is 1. The minimum atomic E-state index is -0.409. The van der Waals surface area contributed by atoms with Gasteiger partial charge in [-0.25, -0.2) is 0 Å². The van der Waals surface area contributed by atoms with Gasteiger partial charge in [-0.15, -0.1) is 0 Å². The third-order valence-electron chi connectivity index (χ3n) is 2.58. The molecule has 0 fully saturated rings. The number of benzene rings is 2. The zero-order chi connectivity index (χ0) is 13.8. The summed E-state index contributed by atoms with van der Waals surface area (Å²) in [7, 11) is 0. The van der Waals surface area contributed by atoms with E-state index in [2.05, 4.69) is 21.2 Å². The van der Waals surface area contributed by atoms with Crippen LogP contribution in [0.5, 0.6) is 0 Å². The van der Waals surface area contributed by atoms with Gasteiger partial charge in [-0.2, -0.15) is 0 Å². The van der Waals surface area contributed by atoms with Gasteiger partial charge in [0.15, 0.2) is 0 Å². The fraction of sp³-hybridized carbons (Fsp3) is 0.0769. The van der Waals surface area contributed by atoms with Crippen molar-refractivity contribution in [3.05, 3.63) is 67.6 Å². The van der Waals surface area contributed by atoms with Gasteiger partial charge in [0.2, 0.25) is 0 Å². The number of nitrogens with zero attached hydrogens (tertiary/aromatic N) is 1. The summed E-state index contributed by atoms with van der Waals surface area (Å²) >= 11 is 9.28. The van der Waals surface area contributed by atoms with Gasteiger partial charge in [0.25, 0.3) is 5.69 Å². The van der Waals surface area contributed by atoms with Crippen molar-refractivity contribution in [2.24, 2.45) is 0 Å². The molecule has 0 radical (unpaired) electrons. The number of nitro groups is 1. The van der Waals surface area contributed by atoms with E-state index in [4.69, 9.17) is 11.6 Å². The van der Waals surface area contributed by atoms with Crippen LogP contribution in [0.2, 0.25) is 5.02 Å². The summed E-state index contributed by atoms with van der Waals surface area (Å²) in [6.07, 6.45) is 0. The molecule has 0 saturated heterocycles. The number of para-hydroxylation sites is 1. The van der Waals surface area contributed by atoms with Crippen LogP contribution < -0.4 is 5.32 Å². The topological polar surface area (TPSA) is 55.2 Å². The van der Waals surface area contributed by atoms with Gasteiger partial charge < -0.3 is 5.32 Å². The van der Waals surface area contributed by atoms with Gasteiger partial charge >= 0.3 is 0 Å². The van der Waals surface area contributed by atoms with Crippen molar-refractivity contribution < 1.29 is 4.92 Å². The molecule has 0 atom stereocenters. The number of nitro benzene ring substituents is 1. The molecule has 0 aliphatic rings. The second-order valence-electron chi connectivity index (χ2n) is 3.86. The summed E-state index contributed by atoms with van der Waals surface area (Å²) in [5, 5.41) is 14.6. The Morgan fingerprint density at radius 1 is 1.26 bits per heavy atom. The van der Waals surface area contributed by atoms with Gasteiger partial charge in [0.05, 0.1) is 10.5 Å². The minimum absolute atomic E-state index is 0.0592. The molecule has 0 aromatic heterocycles. The maximum absolute atomic E-state index is 10.9. The number of hydrogen-bond acceptors (Lipinski definition) is 3. The summed E-state index contributed by atoms with van der Waals surface area (Å²) in [6.45, 7) is 0.333. The zero-order valence-electron chi connectivity index (χ0n) is 9.77. The molecule has 6 heteroatoms. The monoisotopic (exact) mass is 340 g/mol. The predicted molar refractivity (Wildman–Crippen MR) is 79.6 cm³/mol. The van der Waals surface area contributed by atoms with Crippen LogP contribution in [0, 0.1) is 10.1 Å². The van der Waals surface area contributed by atoms with Crippen molar-refractivity contribution in [3.8, 4) is 0 Å². The molecular weight excluding hydrogens is 332 g/mol.